The highest BCUT2D eigenvalue weighted by molar-refractivity contribution is 7.03. The number of furan rings is 1. The van der Waals surface area contributed by atoms with Crippen LogP contribution in [0.3, 0.4) is 0 Å². The van der Waals surface area contributed by atoms with Crippen LogP contribution in [0.25, 0.3) is 44.2 Å². The number of hydrogen-bond acceptors (Lipinski definition) is 2. The van der Waals surface area contributed by atoms with E-state index in [1.165, 1.54) is 94.3 Å². The SMILES string of the molecule is Cc1ccc2c3c1C(C)(C)c1ccccc1B3c1cc(-c3ccc(-c4cccc5c4oc4ccccc45)cc3)cc3c1N2c1ccc(C)c2c1B3c1ccccc1C2(C)C. The second-order valence-electron chi connectivity index (χ2n) is 18.9. The van der Waals surface area contributed by atoms with E-state index in [0.717, 1.165) is 33.1 Å². The molecular weight excluding hydrogens is 724 g/mol. The molecule has 60 heavy (non-hydrogen) atoms. The highest BCUT2D eigenvalue weighted by Crippen LogP contribution is 2.48. The first kappa shape index (κ1) is 34.4. The summed E-state index contributed by atoms with van der Waals surface area (Å²) >= 11 is 0. The van der Waals surface area contributed by atoms with E-state index >= 15 is 0 Å². The summed E-state index contributed by atoms with van der Waals surface area (Å²) in [6, 6.07) is 57.4. The Labute approximate surface area is 352 Å². The molecule has 0 aliphatic carbocycles. The molecule has 0 atom stereocenters. The summed E-state index contributed by atoms with van der Waals surface area (Å²) in [5, 5.41) is 2.31. The minimum Gasteiger partial charge on any atom is -0.455 e. The van der Waals surface area contributed by atoms with Crippen molar-refractivity contribution in [3.63, 3.8) is 0 Å². The average molecular weight is 768 g/mol. The highest BCUT2D eigenvalue weighted by atomic mass is 16.3. The van der Waals surface area contributed by atoms with Gasteiger partial charge >= 0.3 is 0 Å². The van der Waals surface area contributed by atoms with Crippen molar-refractivity contribution in [2.75, 3.05) is 4.90 Å². The van der Waals surface area contributed by atoms with Gasteiger partial charge < -0.3 is 9.32 Å². The van der Waals surface area contributed by atoms with Crippen molar-refractivity contribution in [3.8, 4) is 22.3 Å². The molecule has 4 heteroatoms. The molecular formula is C56H43B2NO. The Morgan fingerprint density at radius 3 is 1.58 bits per heavy atom. The molecule has 284 valence electrons. The van der Waals surface area contributed by atoms with Crippen LogP contribution in [0.15, 0.2) is 156 Å². The van der Waals surface area contributed by atoms with Gasteiger partial charge in [-0.05, 0) is 104 Å². The van der Waals surface area contributed by atoms with Gasteiger partial charge in [-0.2, -0.15) is 0 Å². The van der Waals surface area contributed by atoms with Crippen LogP contribution in [-0.4, -0.2) is 13.4 Å². The molecule has 5 heterocycles. The third kappa shape index (κ3) is 4.21. The van der Waals surface area contributed by atoms with Crippen molar-refractivity contribution < 1.29 is 4.42 Å². The van der Waals surface area contributed by atoms with Crippen LogP contribution in [-0.2, 0) is 10.8 Å². The van der Waals surface area contributed by atoms with Crippen LogP contribution in [0.2, 0.25) is 0 Å². The van der Waals surface area contributed by atoms with Crippen LogP contribution in [0.5, 0.6) is 0 Å². The molecule has 9 aromatic rings. The van der Waals surface area contributed by atoms with E-state index in [4.69, 9.17) is 4.42 Å². The van der Waals surface area contributed by atoms with Crippen molar-refractivity contribution in [3.05, 3.63) is 185 Å². The first-order valence-corrected chi connectivity index (χ1v) is 21.6. The summed E-state index contributed by atoms with van der Waals surface area (Å²) in [5.74, 6) is 0. The maximum absolute atomic E-state index is 6.50. The lowest BCUT2D eigenvalue weighted by Gasteiger charge is -2.51. The van der Waals surface area contributed by atoms with E-state index in [1.54, 1.807) is 0 Å². The molecule has 0 N–H and O–H groups in total. The lowest BCUT2D eigenvalue weighted by Crippen LogP contribution is -2.70. The maximum atomic E-state index is 6.50. The van der Waals surface area contributed by atoms with E-state index in [1.807, 2.05) is 6.07 Å². The summed E-state index contributed by atoms with van der Waals surface area (Å²) in [6.07, 6.45) is 0. The summed E-state index contributed by atoms with van der Waals surface area (Å²) < 4.78 is 6.50. The Morgan fingerprint density at radius 1 is 0.467 bits per heavy atom. The standard InChI is InChI=1S/C56H43B2NO/c1-32-22-28-46-51-49(32)55(3,4)40-17-8-10-19-42(40)57(51)44-30-36(34-24-26-35(27-25-34)37-15-13-16-39-38-14-7-12-21-48(38)60-54(37)39)31-45-53(44)59(46)47-29-23-33(2)50-52(47)58(45)43-20-11-9-18-41(43)56(50,5)6/h7-31H,1-6H3. The van der Waals surface area contributed by atoms with Crippen LogP contribution in [0.1, 0.15) is 61.1 Å². The molecule has 1 aromatic heterocycles. The highest BCUT2D eigenvalue weighted by Gasteiger charge is 2.52. The summed E-state index contributed by atoms with van der Waals surface area (Å²) in [4.78, 5) is 2.68. The van der Waals surface area contributed by atoms with Gasteiger partial charge in [-0.25, -0.2) is 0 Å². The predicted molar refractivity (Wildman–Crippen MR) is 255 cm³/mol. The lowest BCUT2D eigenvalue weighted by molar-refractivity contribution is 0.640. The third-order valence-electron chi connectivity index (χ3n) is 15.0. The third-order valence-corrected chi connectivity index (χ3v) is 15.0. The van der Waals surface area contributed by atoms with Gasteiger partial charge in [-0.1, -0.05) is 172 Å². The molecule has 8 aromatic carbocycles. The second-order valence-corrected chi connectivity index (χ2v) is 18.9. The molecule has 0 bridgehead atoms. The zero-order chi connectivity index (χ0) is 40.4. The maximum Gasteiger partial charge on any atom is 0.247 e. The van der Waals surface area contributed by atoms with E-state index in [-0.39, 0.29) is 24.3 Å². The number of anilines is 3. The number of aryl methyl sites for hydroxylation is 2. The minimum atomic E-state index is -0.148. The van der Waals surface area contributed by atoms with Gasteiger partial charge in [-0.3, -0.25) is 0 Å². The van der Waals surface area contributed by atoms with Crippen molar-refractivity contribution in [1.82, 2.24) is 0 Å². The monoisotopic (exact) mass is 767 g/mol. The Bertz CT molecular complexity index is 3230. The zero-order valence-electron chi connectivity index (χ0n) is 34.9. The molecule has 0 unspecified atom stereocenters. The second kappa shape index (κ2) is 11.6. The normalized spacial score (nSPS) is 15.7. The zero-order valence-corrected chi connectivity index (χ0v) is 34.9. The van der Waals surface area contributed by atoms with Crippen molar-refractivity contribution in [2.45, 2.75) is 52.4 Å². The molecule has 0 saturated heterocycles. The van der Waals surface area contributed by atoms with Gasteiger partial charge in [0.1, 0.15) is 11.2 Å². The largest absolute Gasteiger partial charge is 0.455 e. The smallest absolute Gasteiger partial charge is 0.247 e. The van der Waals surface area contributed by atoms with Crippen molar-refractivity contribution >= 4 is 85.2 Å². The van der Waals surface area contributed by atoms with Crippen LogP contribution in [0.4, 0.5) is 17.1 Å². The molecule has 4 aliphatic heterocycles. The topological polar surface area (TPSA) is 16.4 Å². The molecule has 0 spiro atoms. The van der Waals surface area contributed by atoms with E-state index in [0.29, 0.717) is 0 Å². The number of nitrogens with zero attached hydrogens (tertiary/aromatic N) is 1. The van der Waals surface area contributed by atoms with Gasteiger partial charge in [0.2, 0.25) is 13.4 Å². The molecule has 0 fully saturated rings. The Hall–Kier alpha value is -6.51. The van der Waals surface area contributed by atoms with Crippen LogP contribution in [0, 0.1) is 13.8 Å². The summed E-state index contributed by atoms with van der Waals surface area (Å²) in [7, 11) is 0. The fraction of sp³-hybridized carbons (Fsp3) is 0.143. The summed E-state index contributed by atoms with van der Waals surface area (Å²) in [6.45, 7) is 14.6. The van der Waals surface area contributed by atoms with Gasteiger partial charge in [0.05, 0.1) is 0 Å². The molecule has 0 saturated carbocycles. The number of benzene rings is 8. The lowest BCUT2D eigenvalue weighted by atomic mass is 9.26. The number of fused-ring (bicyclic) bond motifs is 11. The van der Waals surface area contributed by atoms with Gasteiger partial charge in [-0.15, -0.1) is 0 Å². The van der Waals surface area contributed by atoms with Crippen molar-refractivity contribution in [2.24, 2.45) is 0 Å². The van der Waals surface area contributed by atoms with Crippen LogP contribution >= 0.6 is 0 Å². The molecule has 0 radical (unpaired) electrons. The number of para-hydroxylation sites is 2. The van der Waals surface area contributed by atoms with Gasteiger partial charge in [0, 0.05) is 44.2 Å². The van der Waals surface area contributed by atoms with Gasteiger partial charge in [0.15, 0.2) is 0 Å². The number of rotatable bonds is 2. The fourth-order valence-corrected chi connectivity index (χ4v) is 12.7. The van der Waals surface area contributed by atoms with Gasteiger partial charge in [0.25, 0.3) is 0 Å². The van der Waals surface area contributed by atoms with Crippen molar-refractivity contribution in [1.29, 1.82) is 0 Å². The fourth-order valence-electron chi connectivity index (χ4n) is 12.7. The summed E-state index contributed by atoms with van der Waals surface area (Å²) in [5.41, 5.74) is 27.5. The van der Waals surface area contributed by atoms with Crippen LogP contribution < -0.4 is 37.7 Å². The van der Waals surface area contributed by atoms with E-state index in [9.17, 15) is 0 Å². The Kier molecular flexibility index (Phi) is 6.65. The minimum absolute atomic E-state index is 0.107. The van der Waals surface area contributed by atoms with E-state index in [2.05, 4.69) is 192 Å². The first-order valence-electron chi connectivity index (χ1n) is 21.6. The first-order chi connectivity index (χ1) is 29.1. The Balaban J connectivity index is 1.10. The predicted octanol–water partition coefficient (Wildman–Crippen LogP) is 9.94. The van der Waals surface area contributed by atoms with E-state index < -0.39 is 0 Å². The molecule has 4 aliphatic rings. The quantitative estimate of drug-likeness (QED) is 0.163. The Morgan fingerprint density at radius 2 is 0.983 bits per heavy atom. The molecule has 2 nitrogen and oxygen atoms in total. The molecule has 0 amide bonds. The number of hydrogen-bond donors (Lipinski definition) is 0. The molecule has 13 rings (SSSR count). The average Bonchev–Trinajstić information content (AvgIpc) is 3.65.